The number of hydrogen-bond donors (Lipinski definition) is 0. The van der Waals surface area contributed by atoms with E-state index in [2.05, 4.69) is 219 Å². The summed E-state index contributed by atoms with van der Waals surface area (Å²) in [6.45, 7) is 25.6. The highest BCUT2D eigenvalue weighted by molar-refractivity contribution is 7.25. The van der Waals surface area contributed by atoms with E-state index in [9.17, 15) is 0 Å². The van der Waals surface area contributed by atoms with Crippen molar-refractivity contribution in [2.24, 2.45) is 0 Å². The van der Waals surface area contributed by atoms with Gasteiger partial charge in [0.15, 0.2) is 5.58 Å². The molecular weight excluding hydrogens is 870 g/mol. The van der Waals surface area contributed by atoms with Gasteiger partial charge in [0.1, 0.15) is 5.52 Å². The molecule has 70 heavy (non-hydrogen) atoms. The minimum atomic E-state index is -0.280. The van der Waals surface area contributed by atoms with E-state index in [1.54, 1.807) is 0 Å². The van der Waals surface area contributed by atoms with Gasteiger partial charge in [0.25, 0.3) is 0 Å². The molecule has 0 saturated carbocycles. The van der Waals surface area contributed by atoms with Crippen LogP contribution < -0.4 is 15.7 Å². The lowest BCUT2D eigenvalue weighted by atomic mass is 9.43. The number of hydrogen-bond acceptors (Lipinski definition) is 4. The Kier molecular flexibility index (Phi) is 8.23. The maximum atomic E-state index is 6.80. The van der Waals surface area contributed by atoms with Crippen LogP contribution in [0.5, 0.6) is 0 Å². The van der Waals surface area contributed by atoms with Crippen LogP contribution in [0.1, 0.15) is 104 Å². The Morgan fingerprint density at radius 2 is 1.26 bits per heavy atom. The number of benzene rings is 8. The number of fused-ring (bicyclic) bond motifs is 17. The van der Waals surface area contributed by atoms with Crippen LogP contribution in [0.3, 0.4) is 0 Å². The maximum absolute atomic E-state index is 6.80. The van der Waals surface area contributed by atoms with Gasteiger partial charge in [-0.25, -0.2) is 4.98 Å². The van der Waals surface area contributed by atoms with Crippen molar-refractivity contribution in [3.8, 4) is 39.4 Å². The largest absolute Gasteiger partial charge is 0.436 e. The predicted octanol–water partition coefficient (Wildman–Crippen LogP) is 16.4. The minimum Gasteiger partial charge on any atom is -0.436 e. The van der Waals surface area contributed by atoms with Crippen LogP contribution in [0, 0.1) is 0 Å². The molecule has 4 nitrogen and oxygen atoms in total. The van der Waals surface area contributed by atoms with Gasteiger partial charge in [-0.15, -0.1) is 11.3 Å². The van der Waals surface area contributed by atoms with Crippen molar-refractivity contribution < 1.29 is 4.42 Å². The summed E-state index contributed by atoms with van der Waals surface area (Å²) < 4.78 is 12.1. The number of rotatable bonds is 2. The topological polar surface area (TPSA) is 34.2 Å². The minimum absolute atomic E-state index is 0.00478. The van der Waals surface area contributed by atoms with Crippen LogP contribution in [0.15, 0.2) is 144 Å². The molecular formula is C64H56BN3OS. The van der Waals surface area contributed by atoms with Crippen molar-refractivity contribution >= 4 is 93.6 Å². The van der Waals surface area contributed by atoms with E-state index in [0.29, 0.717) is 5.89 Å². The Morgan fingerprint density at radius 3 is 2.00 bits per heavy atom. The Hall–Kier alpha value is -6.89. The summed E-state index contributed by atoms with van der Waals surface area (Å²) in [5.74, 6) is 0.635. The molecule has 2 aliphatic heterocycles. The zero-order valence-electron chi connectivity index (χ0n) is 42.0. The van der Waals surface area contributed by atoms with E-state index in [1.165, 1.54) is 114 Å². The number of nitrogens with zero attached hydrogens (tertiary/aromatic N) is 3. The first-order valence-electron chi connectivity index (χ1n) is 25.1. The molecule has 3 aliphatic rings. The van der Waals surface area contributed by atoms with Gasteiger partial charge in [0.2, 0.25) is 5.89 Å². The normalized spacial score (nSPS) is 14.8. The molecule has 0 unspecified atom stereocenters. The van der Waals surface area contributed by atoms with Crippen molar-refractivity contribution in [2.45, 2.75) is 97.8 Å². The van der Waals surface area contributed by atoms with Crippen molar-refractivity contribution in [2.75, 3.05) is 4.81 Å². The second-order valence-electron chi connectivity index (χ2n) is 24.0. The van der Waals surface area contributed by atoms with Gasteiger partial charge >= 0.3 is 6.85 Å². The predicted molar refractivity (Wildman–Crippen MR) is 299 cm³/mol. The lowest BCUT2D eigenvalue weighted by Gasteiger charge is -2.43. The standard InChI is InChI=1S/C64H56BN3OS/c1-61(2,3)36-21-25-39(26-22-36)68-49-31-42-40-27-23-38(63(7,8)9)30-52(40)70-53(42)32-44(49)55-54-41-19-15-16-20-45(41)64(10,11)57(54)56-43-29-37(62(4,5)6)24-28-48(43)67-50-34-51-47(33-46(50)65(68)58(55)59(56)67)66-60(69-51)35-17-13-12-14-18-35/h12-34H,1-11H3. The number of anilines is 2. The van der Waals surface area contributed by atoms with Gasteiger partial charge in [0.05, 0.1) is 11.0 Å². The smallest absolute Gasteiger partial charge is 0.333 e. The average molecular weight is 926 g/mol. The van der Waals surface area contributed by atoms with Gasteiger partial charge in [-0.05, 0) is 132 Å². The first-order chi connectivity index (χ1) is 33.4. The lowest BCUT2D eigenvalue weighted by Crippen LogP contribution is -2.60. The molecule has 5 heterocycles. The Balaban J connectivity index is 1.20. The Labute approximate surface area is 414 Å². The summed E-state index contributed by atoms with van der Waals surface area (Å²) in [6.07, 6.45) is 0. The van der Waals surface area contributed by atoms with Crippen LogP contribution in [0.4, 0.5) is 11.4 Å². The van der Waals surface area contributed by atoms with E-state index in [4.69, 9.17) is 9.40 Å². The zero-order chi connectivity index (χ0) is 48.1. The van der Waals surface area contributed by atoms with Crippen molar-refractivity contribution in [1.82, 2.24) is 9.55 Å². The van der Waals surface area contributed by atoms with Gasteiger partial charge in [-0.2, -0.15) is 0 Å². The molecule has 0 bridgehead atoms. The summed E-state index contributed by atoms with van der Waals surface area (Å²) >= 11 is 1.94. The van der Waals surface area contributed by atoms with Crippen molar-refractivity contribution in [3.63, 3.8) is 0 Å². The van der Waals surface area contributed by atoms with E-state index in [0.717, 1.165) is 22.4 Å². The summed E-state index contributed by atoms with van der Waals surface area (Å²) in [5, 5.41) is 5.28. The van der Waals surface area contributed by atoms with Crippen molar-refractivity contribution in [1.29, 1.82) is 0 Å². The number of oxazole rings is 1. The average Bonchev–Trinajstić information content (AvgIpc) is 4.07. The summed E-state index contributed by atoms with van der Waals surface area (Å²) in [7, 11) is 0. The molecule has 342 valence electrons. The van der Waals surface area contributed by atoms with Gasteiger partial charge < -0.3 is 13.8 Å². The molecule has 8 aromatic carbocycles. The molecule has 0 spiro atoms. The number of aromatic nitrogens is 2. The van der Waals surface area contributed by atoms with E-state index in [1.807, 2.05) is 17.4 Å². The second kappa shape index (κ2) is 13.7. The zero-order valence-corrected chi connectivity index (χ0v) is 42.8. The van der Waals surface area contributed by atoms with Gasteiger partial charge in [-0.1, -0.05) is 149 Å². The lowest BCUT2D eigenvalue weighted by molar-refractivity contribution is 0.590. The Morgan fingerprint density at radius 1 is 0.586 bits per heavy atom. The molecule has 0 atom stereocenters. The molecule has 11 aromatic rings. The molecule has 1 aliphatic carbocycles. The Bertz CT molecular complexity index is 4090. The van der Waals surface area contributed by atoms with Crippen LogP contribution in [-0.2, 0) is 21.7 Å². The summed E-state index contributed by atoms with van der Waals surface area (Å²) in [4.78, 5) is 7.97. The molecule has 0 fully saturated rings. The van der Waals surface area contributed by atoms with E-state index >= 15 is 0 Å². The third-order valence-corrected chi connectivity index (χ3v) is 17.3. The van der Waals surface area contributed by atoms with E-state index < -0.39 is 0 Å². The third kappa shape index (κ3) is 5.63. The molecule has 0 N–H and O–H groups in total. The molecule has 6 heteroatoms. The summed E-state index contributed by atoms with van der Waals surface area (Å²) in [6, 6.07) is 53.3. The summed E-state index contributed by atoms with van der Waals surface area (Å²) in [5.41, 5.74) is 23.2. The van der Waals surface area contributed by atoms with E-state index in [-0.39, 0.29) is 28.5 Å². The quantitative estimate of drug-likeness (QED) is 0.162. The first-order valence-corrected chi connectivity index (χ1v) is 25.9. The first kappa shape index (κ1) is 42.0. The highest BCUT2D eigenvalue weighted by Gasteiger charge is 2.50. The van der Waals surface area contributed by atoms with Gasteiger partial charge in [0, 0.05) is 70.6 Å². The fraction of sp³-hybridized carbons (Fsp3) is 0.234. The SMILES string of the molecule is CC(C)(C)c1ccc(N2B3c4cc5nc(-c6ccccc6)oc5cc4-n4c5ccc(C(C)(C)C)cc5c5c6c(c(c3c54)-c3cc4sc5cc(C(C)(C)C)ccc5c4cc32)-c2ccccc2C6(C)C)cc1. The highest BCUT2D eigenvalue weighted by Crippen LogP contribution is 2.60. The van der Waals surface area contributed by atoms with Crippen molar-refractivity contribution in [3.05, 3.63) is 167 Å². The highest BCUT2D eigenvalue weighted by atomic mass is 32.1. The fourth-order valence-corrected chi connectivity index (χ4v) is 13.8. The molecule has 14 rings (SSSR count). The van der Waals surface area contributed by atoms with Crippen LogP contribution >= 0.6 is 11.3 Å². The number of thiophene rings is 1. The van der Waals surface area contributed by atoms with Crippen LogP contribution in [-0.4, -0.2) is 16.4 Å². The van der Waals surface area contributed by atoms with Gasteiger partial charge in [-0.3, -0.25) is 0 Å². The molecule has 0 amide bonds. The maximum Gasteiger partial charge on any atom is 0.333 e. The van der Waals surface area contributed by atoms with Crippen LogP contribution in [0.2, 0.25) is 0 Å². The monoisotopic (exact) mass is 925 g/mol. The molecule has 0 radical (unpaired) electrons. The third-order valence-electron chi connectivity index (χ3n) is 16.2. The second-order valence-corrected chi connectivity index (χ2v) is 25.1. The van der Waals surface area contributed by atoms with Crippen LogP contribution in [0.25, 0.3) is 92.5 Å². The molecule has 3 aromatic heterocycles. The fourth-order valence-electron chi connectivity index (χ4n) is 12.6. The molecule has 0 saturated heterocycles.